The molecular weight excluding hydrogens is 238 g/mol. The zero-order valence-electron chi connectivity index (χ0n) is 10.9. The first kappa shape index (κ1) is 11.7. The maximum absolute atomic E-state index is 12.2. The third-order valence-corrected chi connectivity index (χ3v) is 3.25. The van der Waals surface area contributed by atoms with Gasteiger partial charge in [0.05, 0.1) is 11.6 Å². The molecule has 96 valence electrons. The quantitative estimate of drug-likeness (QED) is 0.836. The number of hydrogen-bond donors (Lipinski definition) is 1. The van der Waals surface area contributed by atoms with Crippen molar-refractivity contribution in [2.24, 2.45) is 10.9 Å². The Morgan fingerprint density at radius 2 is 1.95 bits per heavy atom. The fourth-order valence-electron chi connectivity index (χ4n) is 2.23. The highest BCUT2D eigenvalue weighted by Gasteiger charge is 2.24. The summed E-state index contributed by atoms with van der Waals surface area (Å²) in [4.78, 5) is 17.9. The van der Waals surface area contributed by atoms with Gasteiger partial charge in [-0.1, -0.05) is 29.8 Å². The van der Waals surface area contributed by atoms with Crippen LogP contribution in [0.4, 0.5) is 10.5 Å². The Morgan fingerprint density at radius 1 is 1.21 bits per heavy atom. The summed E-state index contributed by atoms with van der Waals surface area (Å²) < 4.78 is 0. The summed E-state index contributed by atoms with van der Waals surface area (Å²) in [5.41, 5.74) is 3.03. The predicted octanol–water partition coefficient (Wildman–Crippen LogP) is 2.97. The Balaban J connectivity index is 1.95. The molecule has 0 bridgehead atoms. The van der Waals surface area contributed by atoms with Crippen LogP contribution in [0.2, 0.25) is 0 Å². The van der Waals surface area contributed by atoms with Crippen LogP contribution in [0.25, 0.3) is 0 Å². The van der Waals surface area contributed by atoms with E-state index in [0.29, 0.717) is 5.84 Å². The number of nitrogens with one attached hydrogen (secondary N) is 1. The molecule has 2 aliphatic rings. The lowest BCUT2D eigenvalue weighted by Crippen LogP contribution is -2.24. The topological polar surface area (TPSA) is 44.7 Å². The molecule has 2 aliphatic heterocycles. The van der Waals surface area contributed by atoms with Crippen molar-refractivity contribution in [2.75, 3.05) is 4.90 Å². The van der Waals surface area contributed by atoms with Crippen LogP contribution in [0.5, 0.6) is 0 Å². The Hall–Kier alpha value is -2.36. The second-order valence-electron chi connectivity index (χ2n) is 4.83. The fourth-order valence-corrected chi connectivity index (χ4v) is 2.23. The van der Waals surface area contributed by atoms with E-state index in [0.717, 1.165) is 11.4 Å². The molecule has 0 saturated heterocycles. The van der Waals surface area contributed by atoms with Crippen molar-refractivity contribution in [1.29, 1.82) is 0 Å². The second-order valence-corrected chi connectivity index (χ2v) is 4.83. The number of allylic oxidation sites excluding steroid dienone is 1. The largest absolute Gasteiger partial charge is 0.353 e. The molecule has 1 atom stereocenters. The van der Waals surface area contributed by atoms with Gasteiger partial charge in [-0.15, -0.1) is 0 Å². The summed E-state index contributed by atoms with van der Waals surface area (Å²) in [5, 5.41) is 3.12. The van der Waals surface area contributed by atoms with E-state index in [1.807, 2.05) is 44.2 Å². The molecule has 4 heteroatoms. The first-order valence-electron chi connectivity index (χ1n) is 6.26. The fraction of sp³-hybridized carbons (Fsp3) is 0.200. The molecule has 1 N–H and O–H groups in total. The number of aryl methyl sites for hydroxylation is 1. The molecule has 1 aromatic rings. The lowest BCUT2D eigenvalue weighted by atomic mass is 10.1. The molecule has 19 heavy (non-hydrogen) atoms. The SMILES string of the molecule is CC1=CC2C=CN(c3ccc(C)cc3)C(=O)N=C2N1. The van der Waals surface area contributed by atoms with Gasteiger partial charge in [0.1, 0.15) is 5.84 Å². The summed E-state index contributed by atoms with van der Waals surface area (Å²) in [6.45, 7) is 3.99. The number of anilines is 1. The van der Waals surface area contributed by atoms with E-state index in [1.54, 1.807) is 11.1 Å². The van der Waals surface area contributed by atoms with Crippen LogP contribution >= 0.6 is 0 Å². The average molecular weight is 253 g/mol. The lowest BCUT2D eigenvalue weighted by molar-refractivity contribution is 0.256. The molecule has 2 heterocycles. The predicted molar refractivity (Wildman–Crippen MR) is 76.0 cm³/mol. The molecule has 0 radical (unpaired) electrons. The minimum atomic E-state index is -0.270. The highest BCUT2D eigenvalue weighted by molar-refractivity contribution is 6.06. The summed E-state index contributed by atoms with van der Waals surface area (Å²) in [6, 6.07) is 7.55. The molecule has 3 rings (SSSR count). The van der Waals surface area contributed by atoms with Crippen molar-refractivity contribution in [2.45, 2.75) is 13.8 Å². The number of nitrogens with zero attached hydrogens (tertiary/aromatic N) is 2. The smallest absolute Gasteiger partial charge is 0.347 e. The summed E-state index contributed by atoms with van der Waals surface area (Å²) in [6.07, 6.45) is 5.83. The number of aliphatic imine (C=N–C) groups is 1. The van der Waals surface area contributed by atoms with Crippen molar-refractivity contribution < 1.29 is 4.79 Å². The Morgan fingerprint density at radius 3 is 2.68 bits per heavy atom. The highest BCUT2D eigenvalue weighted by atomic mass is 16.2. The number of rotatable bonds is 1. The highest BCUT2D eigenvalue weighted by Crippen LogP contribution is 2.22. The van der Waals surface area contributed by atoms with Gasteiger partial charge in [0.15, 0.2) is 0 Å². The zero-order chi connectivity index (χ0) is 13.4. The minimum Gasteiger partial charge on any atom is -0.347 e. The molecule has 0 fully saturated rings. The Kier molecular flexibility index (Phi) is 2.71. The summed E-state index contributed by atoms with van der Waals surface area (Å²) >= 11 is 0. The first-order chi connectivity index (χ1) is 9.13. The number of carbonyl (C=O) groups is 1. The van der Waals surface area contributed by atoms with E-state index < -0.39 is 0 Å². The van der Waals surface area contributed by atoms with Crippen molar-refractivity contribution >= 4 is 17.6 Å². The zero-order valence-corrected chi connectivity index (χ0v) is 10.9. The van der Waals surface area contributed by atoms with Crippen LogP contribution in [0, 0.1) is 12.8 Å². The van der Waals surface area contributed by atoms with Gasteiger partial charge in [0.2, 0.25) is 0 Å². The maximum Gasteiger partial charge on any atom is 0.353 e. The van der Waals surface area contributed by atoms with Crippen LogP contribution in [-0.4, -0.2) is 11.9 Å². The van der Waals surface area contributed by atoms with E-state index in [1.165, 1.54) is 5.56 Å². The molecule has 0 saturated carbocycles. The van der Waals surface area contributed by atoms with E-state index in [4.69, 9.17) is 0 Å². The minimum absolute atomic E-state index is 0.0689. The number of amides is 2. The van der Waals surface area contributed by atoms with E-state index in [2.05, 4.69) is 16.4 Å². The maximum atomic E-state index is 12.2. The third-order valence-electron chi connectivity index (χ3n) is 3.25. The molecule has 2 amide bonds. The van der Waals surface area contributed by atoms with Crippen molar-refractivity contribution in [3.8, 4) is 0 Å². The third kappa shape index (κ3) is 2.17. The van der Waals surface area contributed by atoms with Gasteiger partial charge in [0, 0.05) is 11.9 Å². The van der Waals surface area contributed by atoms with Gasteiger partial charge in [-0.05, 0) is 26.0 Å². The first-order valence-corrected chi connectivity index (χ1v) is 6.26. The van der Waals surface area contributed by atoms with Crippen LogP contribution in [0.15, 0.2) is 53.3 Å². The normalized spacial score (nSPS) is 21.5. The van der Waals surface area contributed by atoms with Crippen LogP contribution in [0.1, 0.15) is 12.5 Å². The Bertz CT molecular complexity index is 611. The van der Waals surface area contributed by atoms with E-state index in [9.17, 15) is 4.79 Å². The molecule has 1 aromatic carbocycles. The van der Waals surface area contributed by atoms with Gasteiger partial charge < -0.3 is 5.32 Å². The lowest BCUT2D eigenvalue weighted by Gasteiger charge is -2.15. The monoisotopic (exact) mass is 253 g/mol. The molecule has 0 aliphatic carbocycles. The number of urea groups is 1. The molecule has 0 aromatic heterocycles. The molecule has 1 unspecified atom stereocenters. The van der Waals surface area contributed by atoms with Crippen molar-refractivity contribution in [1.82, 2.24) is 5.32 Å². The molecular formula is C15H15N3O. The number of carbonyl (C=O) groups excluding carboxylic acids is 1. The van der Waals surface area contributed by atoms with Gasteiger partial charge in [0.25, 0.3) is 0 Å². The molecule has 0 spiro atoms. The van der Waals surface area contributed by atoms with Crippen molar-refractivity contribution in [3.05, 3.63) is 53.9 Å². The van der Waals surface area contributed by atoms with E-state index in [-0.39, 0.29) is 11.9 Å². The average Bonchev–Trinajstić information content (AvgIpc) is 2.64. The van der Waals surface area contributed by atoms with Crippen LogP contribution in [-0.2, 0) is 0 Å². The van der Waals surface area contributed by atoms with E-state index >= 15 is 0 Å². The summed E-state index contributed by atoms with van der Waals surface area (Å²) in [5.74, 6) is 0.771. The van der Waals surface area contributed by atoms with Gasteiger partial charge in [-0.25, -0.2) is 4.79 Å². The molecule has 4 nitrogen and oxygen atoms in total. The number of amidine groups is 1. The van der Waals surface area contributed by atoms with Gasteiger partial charge in [-0.2, -0.15) is 4.99 Å². The van der Waals surface area contributed by atoms with Gasteiger partial charge in [-0.3, -0.25) is 4.90 Å². The standard InChI is InChI=1S/C15H15N3O/c1-10-3-5-13(6-4-10)18-8-7-12-9-11(2)16-14(12)17-15(18)19/h3-9,12H,1-2H3,(H,16,17,19). The number of fused-ring (bicyclic) bond motifs is 1. The number of hydrogen-bond acceptors (Lipinski definition) is 2. The Labute approximate surface area is 112 Å². The van der Waals surface area contributed by atoms with Gasteiger partial charge >= 0.3 is 6.03 Å². The van der Waals surface area contributed by atoms with Crippen LogP contribution < -0.4 is 10.2 Å². The second kappa shape index (κ2) is 4.39. The van der Waals surface area contributed by atoms with Crippen molar-refractivity contribution in [3.63, 3.8) is 0 Å². The summed E-state index contributed by atoms with van der Waals surface area (Å²) in [7, 11) is 0. The van der Waals surface area contributed by atoms with Crippen LogP contribution in [0.3, 0.4) is 0 Å². The number of benzene rings is 1.